The van der Waals surface area contributed by atoms with E-state index < -0.39 is 8.32 Å². The van der Waals surface area contributed by atoms with E-state index in [4.69, 9.17) is 4.43 Å². The van der Waals surface area contributed by atoms with Crippen LogP contribution in [0.2, 0.25) is 5.04 Å². The van der Waals surface area contributed by atoms with E-state index in [2.05, 4.69) is 109 Å². The number of hydrogen-bond acceptors (Lipinski definition) is 3. The Morgan fingerprint density at radius 3 is 1.81 bits per heavy atom. The van der Waals surface area contributed by atoms with Crippen LogP contribution in [0.25, 0.3) is 12.5 Å². The summed E-state index contributed by atoms with van der Waals surface area (Å²) >= 11 is 0. The van der Waals surface area contributed by atoms with Gasteiger partial charge in [0.2, 0.25) is 0 Å². The van der Waals surface area contributed by atoms with Gasteiger partial charge in [0, 0.05) is 12.1 Å². The molecule has 0 fully saturated rings. The third-order valence-corrected chi connectivity index (χ3v) is 11.6. The van der Waals surface area contributed by atoms with Crippen LogP contribution in [0.5, 0.6) is 0 Å². The predicted molar refractivity (Wildman–Crippen MR) is 149 cm³/mol. The van der Waals surface area contributed by atoms with Crippen LogP contribution in [0.4, 0.5) is 0 Å². The van der Waals surface area contributed by atoms with Gasteiger partial charge in [0.1, 0.15) is 0 Å². The number of rotatable bonds is 7. The molecule has 0 aliphatic rings. The van der Waals surface area contributed by atoms with E-state index in [1.807, 2.05) is 30.0 Å². The first-order valence-corrected chi connectivity index (χ1v) is 14.3. The van der Waals surface area contributed by atoms with Gasteiger partial charge in [-0.15, -0.1) is 0 Å². The summed E-state index contributed by atoms with van der Waals surface area (Å²) in [7, 11) is -2.66. The van der Waals surface area contributed by atoms with Crippen molar-refractivity contribution in [1.82, 2.24) is 4.90 Å². The van der Waals surface area contributed by atoms with Crippen LogP contribution in [-0.2, 0) is 4.43 Å². The van der Waals surface area contributed by atoms with Crippen molar-refractivity contribution >= 4 is 31.2 Å². The Kier molecular flexibility index (Phi) is 9.90. The van der Waals surface area contributed by atoms with Gasteiger partial charge in [-0.3, -0.25) is 0 Å². The minimum Gasteiger partial charge on any atom is -0.860 e. The second-order valence-electron chi connectivity index (χ2n) is 11.3. The van der Waals surface area contributed by atoms with Crippen LogP contribution in [0.1, 0.15) is 47.1 Å². The average molecular weight is 494 g/mol. The molecule has 0 spiro atoms. The number of hydrogen-bond donors (Lipinski definition) is 0. The maximum atomic E-state index is 13.7. The van der Waals surface area contributed by atoms with E-state index in [9.17, 15) is 5.11 Å². The van der Waals surface area contributed by atoms with Gasteiger partial charge in [0.15, 0.2) is 0 Å². The van der Waals surface area contributed by atoms with Gasteiger partial charge in [0.25, 0.3) is 8.32 Å². The fourth-order valence-electron chi connectivity index (χ4n) is 4.83. The monoisotopic (exact) mass is 493 g/mol. The summed E-state index contributed by atoms with van der Waals surface area (Å²) in [4.78, 5) is 1.92. The van der Waals surface area contributed by atoms with Crippen molar-refractivity contribution in [2.45, 2.75) is 59.0 Å². The maximum Gasteiger partial charge on any atom is 1.00 e. The zero-order valence-corrected chi connectivity index (χ0v) is 24.4. The van der Waals surface area contributed by atoms with Gasteiger partial charge >= 0.3 is 18.9 Å². The summed E-state index contributed by atoms with van der Waals surface area (Å²) in [6.45, 7) is 20.1. The molecule has 0 aliphatic heterocycles. The van der Waals surface area contributed by atoms with Crippen LogP contribution in [0.15, 0.2) is 78.9 Å². The summed E-state index contributed by atoms with van der Waals surface area (Å²) in [6.07, 6.45) is 0. The molecule has 36 heavy (non-hydrogen) atoms. The standard InChI is InChI=1S/C31H41NO2Si.Li/c1-24-19-20-25(2)28(23-24)29(33)32(30(3,4)5)21-22-34-35(31(6,7)8,26-15-11-9-12-16-26)27-17-13-10-14-18-27;/h9-20,23,33H,2,21-22H2,1,3-8H3;/q;+1/p-1/b29-28-;. The fourth-order valence-corrected chi connectivity index (χ4v) is 9.38. The molecule has 0 radical (unpaired) electrons. The maximum absolute atomic E-state index is 13.7. The van der Waals surface area contributed by atoms with Gasteiger partial charge in [-0.1, -0.05) is 112 Å². The summed E-state index contributed by atoms with van der Waals surface area (Å²) in [6, 6.07) is 27.1. The normalized spacial score (nSPS) is 13.1. The molecule has 5 heteroatoms. The Bertz CT molecular complexity index is 1190. The Morgan fingerprint density at radius 1 is 0.861 bits per heavy atom. The van der Waals surface area contributed by atoms with E-state index in [1.165, 1.54) is 10.4 Å². The first kappa shape index (κ1) is 30.0. The summed E-state index contributed by atoms with van der Waals surface area (Å²) in [5.41, 5.74) is 0.695. The summed E-state index contributed by atoms with van der Waals surface area (Å²) in [5, 5.41) is 17.5. The molecule has 0 amide bonds. The molecular weight excluding hydrogens is 453 g/mol. The molecule has 0 N–H and O–H groups in total. The molecule has 0 bridgehead atoms. The number of nitrogens with zero attached hydrogens (tertiary/aromatic N) is 1. The van der Waals surface area contributed by atoms with Crippen LogP contribution < -0.4 is 44.8 Å². The van der Waals surface area contributed by atoms with E-state index in [-0.39, 0.29) is 35.3 Å². The molecule has 3 aromatic carbocycles. The minimum atomic E-state index is -2.66. The van der Waals surface area contributed by atoms with Gasteiger partial charge < -0.3 is 14.4 Å². The van der Waals surface area contributed by atoms with E-state index in [0.717, 1.165) is 10.8 Å². The quantitative estimate of drug-likeness (QED) is 0.450. The number of aryl methyl sites for hydroxylation is 1. The molecular formula is C31H40LiNO2Si. The zero-order chi connectivity index (χ0) is 25.9. The van der Waals surface area contributed by atoms with Crippen molar-refractivity contribution in [3.63, 3.8) is 0 Å². The Labute approximate surface area is 230 Å². The van der Waals surface area contributed by atoms with Gasteiger partial charge in [0.05, 0.1) is 6.61 Å². The second kappa shape index (κ2) is 11.9. The van der Waals surface area contributed by atoms with E-state index in [1.54, 1.807) is 0 Å². The average Bonchev–Trinajstić information content (AvgIpc) is 2.80. The van der Waals surface area contributed by atoms with Crippen LogP contribution in [0.3, 0.4) is 0 Å². The molecule has 0 unspecified atom stereocenters. The predicted octanol–water partition coefficient (Wildman–Crippen LogP) is 0.512. The van der Waals surface area contributed by atoms with E-state index >= 15 is 0 Å². The molecule has 3 rings (SSSR count). The molecule has 186 valence electrons. The first-order valence-electron chi connectivity index (χ1n) is 12.4. The molecule has 0 heterocycles. The largest absolute Gasteiger partial charge is 1.00 e. The molecule has 0 aromatic heterocycles. The van der Waals surface area contributed by atoms with Crippen molar-refractivity contribution in [3.8, 4) is 0 Å². The first-order chi connectivity index (χ1) is 16.4. The molecule has 3 nitrogen and oxygen atoms in total. The summed E-state index contributed by atoms with van der Waals surface area (Å²) < 4.78 is 7.06. The smallest absolute Gasteiger partial charge is 0.860 e. The van der Waals surface area contributed by atoms with Crippen molar-refractivity contribution in [1.29, 1.82) is 0 Å². The van der Waals surface area contributed by atoms with Crippen LogP contribution in [-0.4, -0.2) is 31.9 Å². The SMILES string of the molecule is C=c1ccc(C)c/c1=C(/[O-])N(CCO[Si](c1ccccc1)(c1ccccc1)C(C)(C)C)C(C)(C)C.[Li+]. The van der Waals surface area contributed by atoms with Crippen LogP contribution >= 0.6 is 0 Å². The van der Waals surface area contributed by atoms with Crippen molar-refractivity contribution < 1.29 is 28.4 Å². The number of benzene rings is 3. The molecule has 0 aliphatic carbocycles. The Morgan fingerprint density at radius 2 is 1.36 bits per heavy atom. The van der Waals surface area contributed by atoms with Gasteiger partial charge in [-0.2, -0.15) is 0 Å². The van der Waals surface area contributed by atoms with Gasteiger partial charge in [-0.25, -0.2) is 0 Å². The Hall–Kier alpha value is -2.23. The van der Waals surface area contributed by atoms with Crippen LogP contribution in [0, 0.1) is 6.92 Å². The summed E-state index contributed by atoms with van der Waals surface area (Å²) in [5.74, 6) is -0.00255. The zero-order valence-electron chi connectivity index (χ0n) is 23.4. The second-order valence-corrected chi connectivity index (χ2v) is 15.6. The molecule has 0 atom stereocenters. The third kappa shape index (κ3) is 6.36. The molecule has 0 saturated heterocycles. The minimum absolute atomic E-state index is 0. The van der Waals surface area contributed by atoms with Crippen molar-refractivity contribution in [3.05, 3.63) is 94.9 Å². The van der Waals surface area contributed by atoms with E-state index in [0.29, 0.717) is 18.4 Å². The fraction of sp³-hybridized carbons (Fsp3) is 0.355. The topological polar surface area (TPSA) is 35.5 Å². The third-order valence-electron chi connectivity index (χ3n) is 6.60. The van der Waals surface area contributed by atoms with Crippen molar-refractivity contribution in [2.75, 3.05) is 13.2 Å². The van der Waals surface area contributed by atoms with Crippen molar-refractivity contribution in [2.24, 2.45) is 0 Å². The Balaban J connectivity index is 0.00000456. The molecule has 3 aromatic rings. The van der Waals surface area contributed by atoms with Gasteiger partial charge in [-0.05, 0) is 59.4 Å². The molecule has 0 saturated carbocycles.